The van der Waals surface area contributed by atoms with Crippen molar-refractivity contribution < 1.29 is 0 Å². The third-order valence-corrected chi connectivity index (χ3v) is 1.82. The number of aromatic nitrogens is 1. The van der Waals surface area contributed by atoms with E-state index >= 15 is 0 Å². The molecule has 1 radical (unpaired) electrons. The lowest BCUT2D eigenvalue weighted by atomic mass is 10.1. The first-order chi connectivity index (χ1) is 6.38. The molecule has 2 aromatic rings. The van der Waals surface area contributed by atoms with Gasteiger partial charge in [0.15, 0.2) is 0 Å². The molecule has 63 valence electrons. The standard InChI is InChI=1S/C11H8NO/c13-11-10(7-4-8-12-11)9-5-2-1-3-6-9/h1-5,7-8H,(H,12,13). The number of nitrogens with one attached hydrogen (secondary N) is 1. The Labute approximate surface area is 75.9 Å². The van der Waals surface area contributed by atoms with E-state index in [-0.39, 0.29) is 5.56 Å². The minimum atomic E-state index is -0.0787. The molecule has 1 aromatic heterocycles. The van der Waals surface area contributed by atoms with Crippen LogP contribution in [0.3, 0.4) is 0 Å². The Morgan fingerprint density at radius 2 is 2.08 bits per heavy atom. The van der Waals surface area contributed by atoms with Gasteiger partial charge in [-0.1, -0.05) is 24.3 Å². The van der Waals surface area contributed by atoms with Crippen molar-refractivity contribution in [2.45, 2.75) is 0 Å². The van der Waals surface area contributed by atoms with Crippen LogP contribution < -0.4 is 5.56 Å². The maximum absolute atomic E-state index is 11.3. The molecule has 0 bridgehead atoms. The summed E-state index contributed by atoms with van der Waals surface area (Å²) in [5, 5.41) is 0. The Hall–Kier alpha value is -1.83. The molecule has 0 aliphatic heterocycles. The zero-order valence-electron chi connectivity index (χ0n) is 6.95. The molecule has 1 heterocycles. The van der Waals surface area contributed by atoms with Crippen molar-refractivity contribution in [1.29, 1.82) is 0 Å². The maximum atomic E-state index is 11.3. The minimum Gasteiger partial charge on any atom is -0.329 e. The lowest BCUT2D eigenvalue weighted by molar-refractivity contribution is 1.24. The largest absolute Gasteiger partial charge is 0.329 e. The van der Waals surface area contributed by atoms with Gasteiger partial charge in [-0.05, 0) is 23.8 Å². The monoisotopic (exact) mass is 170 g/mol. The molecule has 0 spiro atoms. The van der Waals surface area contributed by atoms with Gasteiger partial charge in [0.2, 0.25) is 0 Å². The van der Waals surface area contributed by atoms with Crippen molar-refractivity contribution in [3.8, 4) is 11.1 Å². The highest BCUT2D eigenvalue weighted by molar-refractivity contribution is 5.60. The van der Waals surface area contributed by atoms with Crippen LogP contribution in [0.25, 0.3) is 11.1 Å². The van der Waals surface area contributed by atoms with Crippen LogP contribution in [0.15, 0.2) is 47.4 Å². The summed E-state index contributed by atoms with van der Waals surface area (Å²) in [5.41, 5.74) is 1.40. The number of H-pyrrole nitrogens is 1. The van der Waals surface area contributed by atoms with Gasteiger partial charge in [-0.25, -0.2) is 0 Å². The van der Waals surface area contributed by atoms with Crippen molar-refractivity contribution >= 4 is 0 Å². The number of hydrogen-bond acceptors (Lipinski definition) is 1. The summed E-state index contributed by atoms with van der Waals surface area (Å²) in [4.78, 5) is 14.0. The summed E-state index contributed by atoms with van der Waals surface area (Å²) in [6, 6.07) is 14.0. The highest BCUT2D eigenvalue weighted by atomic mass is 16.1. The summed E-state index contributed by atoms with van der Waals surface area (Å²) in [6.07, 6.45) is 1.62. The van der Waals surface area contributed by atoms with Gasteiger partial charge in [0.05, 0.1) is 0 Å². The SMILES string of the molecule is O=c1[nH]cccc1-c1[c]cccc1. The van der Waals surface area contributed by atoms with Crippen LogP contribution in [-0.2, 0) is 0 Å². The van der Waals surface area contributed by atoms with E-state index in [0.717, 1.165) is 5.56 Å². The van der Waals surface area contributed by atoms with Crippen molar-refractivity contribution in [2.75, 3.05) is 0 Å². The topological polar surface area (TPSA) is 32.9 Å². The number of rotatable bonds is 1. The lowest BCUT2D eigenvalue weighted by Gasteiger charge is -1.97. The number of benzene rings is 1. The molecule has 0 saturated heterocycles. The molecule has 1 aromatic carbocycles. The van der Waals surface area contributed by atoms with E-state index in [1.165, 1.54) is 0 Å². The molecule has 0 unspecified atom stereocenters. The molecule has 0 atom stereocenters. The van der Waals surface area contributed by atoms with Crippen molar-refractivity contribution in [3.63, 3.8) is 0 Å². The molecular weight excluding hydrogens is 162 g/mol. The van der Waals surface area contributed by atoms with E-state index in [1.54, 1.807) is 24.4 Å². The highest BCUT2D eigenvalue weighted by Gasteiger charge is 1.99. The van der Waals surface area contributed by atoms with Crippen LogP contribution in [0.5, 0.6) is 0 Å². The fourth-order valence-electron chi connectivity index (χ4n) is 1.19. The number of pyridine rings is 1. The normalized spacial score (nSPS) is 9.85. The summed E-state index contributed by atoms with van der Waals surface area (Å²) < 4.78 is 0. The predicted octanol–water partition coefficient (Wildman–Crippen LogP) is 1.84. The van der Waals surface area contributed by atoms with Crippen LogP contribution in [-0.4, -0.2) is 4.98 Å². The molecule has 0 amide bonds. The second kappa shape index (κ2) is 3.27. The van der Waals surface area contributed by atoms with Gasteiger partial charge in [0, 0.05) is 11.8 Å². The quantitative estimate of drug-likeness (QED) is 0.696. The van der Waals surface area contributed by atoms with Crippen molar-refractivity contribution in [3.05, 3.63) is 59.0 Å². The minimum absolute atomic E-state index is 0.0787. The molecule has 2 heteroatoms. The first-order valence-electron chi connectivity index (χ1n) is 4.03. The zero-order valence-corrected chi connectivity index (χ0v) is 6.95. The summed E-state index contributed by atoms with van der Waals surface area (Å²) >= 11 is 0. The Bertz CT molecular complexity index is 445. The summed E-state index contributed by atoms with van der Waals surface area (Å²) in [6.45, 7) is 0. The number of hydrogen-bond donors (Lipinski definition) is 1. The lowest BCUT2D eigenvalue weighted by Crippen LogP contribution is -2.06. The summed E-state index contributed by atoms with van der Waals surface area (Å²) in [5.74, 6) is 0. The first-order valence-corrected chi connectivity index (χ1v) is 4.03. The van der Waals surface area contributed by atoms with E-state index in [1.807, 2.05) is 18.2 Å². The predicted molar refractivity (Wildman–Crippen MR) is 51.3 cm³/mol. The summed E-state index contributed by atoms with van der Waals surface area (Å²) in [7, 11) is 0. The van der Waals surface area contributed by atoms with Crippen LogP contribution in [0.4, 0.5) is 0 Å². The second-order valence-corrected chi connectivity index (χ2v) is 2.69. The van der Waals surface area contributed by atoms with Gasteiger partial charge in [-0.3, -0.25) is 4.79 Å². The van der Waals surface area contributed by atoms with Crippen molar-refractivity contribution in [1.82, 2.24) is 4.98 Å². The average molecular weight is 170 g/mol. The van der Waals surface area contributed by atoms with Gasteiger partial charge >= 0.3 is 0 Å². The molecule has 0 saturated carbocycles. The molecule has 13 heavy (non-hydrogen) atoms. The van der Waals surface area contributed by atoms with E-state index in [4.69, 9.17) is 0 Å². The molecule has 0 aliphatic carbocycles. The second-order valence-electron chi connectivity index (χ2n) is 2.69. The Kier molecular flexibility index (Phi) is 1.96. The Morgan fingerprint density at radius 1 is 1.15 bits per heavy atom. The Balaban J connectivity index is 2.60. The van der Waals surface area contributed by atoms with Gasteiger partial charge < -0.3 is 4.98 Å². The van der Waals surface area contributed by atoms with Crippen molar-refractivity contribution in [2.24, 2.45) is 0 Å². The smallest absolute Gasteiger partial charge is 0.255 e. The zero-order chi connectivity index (χ0) is 9.10. The molecular formula is C11H8NO. The van der Waals surface area contributed by atoms with E-state index in [0.29, 0.717) is 5.56 Å². The van der Waals surface area contributed by atoms with Gasteiger partial charge in [0.25, 0.3) is 5.56 Å². The fraction of sp³-hybridized carbons (Fsp3) is 0. The van der Waals surface area contributed by atoms with Crippen LogP contribution >= 0.6 is 0 Å². The van der Waals surface area contributed by atoms with E-state index in [2.05, 4.69) is 11.1 Å². The average Bonchev–Trinajstić information content (AvgIpc) is 2.20. The van der Waals surface area contributed by atoms with Crippen LogP contribution in [0.2, 0.25) is 0 Å². The molecule has 1 N–H and O–H groups in total. The van der Waals surface area contributed by atoms with Gasteiger partial charge in [0.1, 0.15) is 0 Å². The first kappa shape index (κ1) is 7.80. The highest BCUT2D eigenvalue weighted by Crippen LogP contribution is 2.11. The fourth-order valence-corrected chi connectivity index (χ4v) is 1.19. The molecule has 0 fully saturated rings. The Morgan fingerprint density at radius 3 is 2.77 bits per heavy atom. The third-order valence-electron chi connectivity index (χ3n) is 1.82. The maximum Gasteiger partial charge on any atom is 0.255 e. The number of aromatic amines is 1. The van der Waals surface area contributed by atoms with E-state index in [9.17, 15) is 4.79 Å². The molecule has 2 rings (SSSR count). The van der Waals surface area contributed by atoms with Gasteiger partial charge in [-0.2, -0.15) is 0 Å². The molecule has 0 aliphatic rings. The van der Waals surface area contributed by atoms with E-state index < -0.39 is 0 Å². The van der Waals surface area contributed by atoms with Crippen LogP contribution in [0.1, 0.15) is 0 Å². The molecule has 2 nitrogen and oxygen atoms in total. The van der Waals surface area contributed by atoms with Gasteiger partial charge in [-0.15, -0.1) is 0 Å². The third kappa shape index (κ3) is 1.51. The van der Waals surface area contributed by atoms with Crippen LogP contribution in [0, 0.1) is 6.07 Å².